The zero-order valence-corrected chi connectivity index (χ0v) is 34.1. The number of likely N-dealkylation sites (N-methyl/N-ethyl adjacent to an activating group) is 1. The Labute approximate surface area is 304 Å². The lowest BCUT2D eigenvalue weighted by molar-refractivity contribution is -0.870. The van der Waals surface area contributed by atoms with Gasteiger partial charge in [-0.1, -0.05) is 174 Å². The predicted octanol–water partition coefficient (Wildman–Crippen LogP) is 11.7. The lowest BCUT2D eigenvalue weighted by atomic mass is 10.0. The summed E-state index contributed by atoms with van der Waals surface area (Å²) in [5.41, 5.74) is 0. The summed E-state index contributed by atoms with van der Waals surface area (Å²) in [6.45, 7) is 5.42. The van der Waals surface area contributed by atoms with E-state index in [1.54, 1.807) is 0 Å². The maximum absolute atomic E-state index is 12.3. The van der Waals surface area contributed by atoms with E-state index in [4.69, 9.17) is 18.5 Å². The summed E-state index contributed by atoms with van der Waals surface area (Å²) in [7, 11) is 1.67. The average Bonchev–Trinajstić information content (AvgIpc) is 3.05. The van der Waals surface area contributed by atoms with Crippen LogP contribution in [0, 0.1) is 0 Å². The van der Waals surface area contributed by atoms with Gasteiger partial charge in [-0.15, -0.1) is 0 Å². The molecule has 0 bridgehead atoms. The fourth-order valence-corrected chi connectivity index (χ4v) is 6.63. The SMILES string of the molecule is CCCCCCCCCCCCCCCCCCCCCCCCCCCOCC(COP(=O)(O)OCC[N+](C)(C)C)OC(=O)CCCC. The van der Waals surface area contributed by atoms with Crippen LogP contribution in [0.4, 0.5) is 0 Å². The summed E-state index contributed by atoms with van der Waals surface area (Å²) in [5.74, 6) is -0.345. The summed E-state index contributed by atoms with van der Waals surface area (Å²) in [6, 6.07) is 0. The highest BCUT2D eigenvalue weighted by Crippen LogP contribution is 2.43. The van der Waals surface area contributed by atoms with Crippen LogP contribution in [0.25, 0.3) is 0 Å². The van der Waals surface area contributed by atoms with Crippen molar-refractivity contribution in [3.63, 3.8) is 0 Å². The molecule has 2 unspecified atom stereocenters. The number of nitrogens with zero attached hydrogens (tertiary/aromatic N) is 1. The Bertz CT molecular complexity index is 761. The zero-order valence-electron chi connectivity index (χ0n) is 33.2. The Morgan fingerprint density at radius 1 is 0.551 bits per heavy atom. The predicted molar refractivity (Wildman–Crippen MR) is 206 cm³/mol. The highest BCUT2D eigenvalue weighted by Gasteiger charge is 2.26. The molecule has 9 heteroatoms. The molecule has 0 spiro atoms. The second-order valence-electron chi connectivity index (χ2n) is 15.4. The van der Waals surface area contributed by atoms with Crippen molar-refractivity contribution in [1.82, 2.24) is 0 Å². The average molecular weight is 721 g/mol. The van der Waals surface area contributed by atoms with Gasteiger partial charge in [0.05, 0.1) is 34.4 Å². The molecule has 0 heterocycles. The first kappa shape index (κ1) is 48.5. The monoisotopic (exact) mass is 721 g/mol. The molecular weight excluding hydrogens is 637 g/mol. The van der Waals surface area contributed by atoms with Crippen molar-refractivity contribution >= 4 is 13.8 Å². The fourth-order valence-electron chi connectivity index (χ4n) is 5.88. The number of carbonyl (C=O) groups is 1. The second-order valence-corrected chi connectivity index (χ2v) is 16.8. The van der Waals surface area contributed by atoms with Crippen molar-refractivity contribution in [3.05, 3.63) is 0 Å². The second kappa shape index (κ2) is 34.6. The van der Waals surface area contributed by atoms with Crippen LogP contribution in [0.1, 0.15) is 194 Å². The van der Waals surface area contributed by atoms with Gasteiger partial charge < -0.3 is 18.9 Å². The van der Waals surface area contributed by atoms with E-state index in [0.717, 1.165) is 25.7 Å². The number of phosphoric acid groups is 1. The van der Waals surface area contributed by atoms with Crippen molar-refractivity contribution in [3.8, 4) is 0 Å². The molecule has 0 aromatic carbocycles. The van der Waals surface area contributed by atoms with Crippen molar-refractivity contribution in [2.75, 3.05) is 54.1 Å². The maximum atomic E-state index is 12.3. The molecule has 0 saturated heterocycles. The molecule has 0 fully saturated rings. The minimum Gasteiger partial charge on any atom is -0.457 e. The number of ether oxygens (including phenoxy) is 2. The van der Waals surface area contributed by atoms with Crippen LogP contribution in [-0.4, -0.2) is 75.6 Å². The molecule has 8 nitrogen and oxygen atoms in total. The highest BCUT2D eigenvalue weighted by atomic mass is 31.2. The lowest BCUT2D eigenvalue weighted by Gasteiger charge is -2.24. The highest BCUT2D eigenvalue weighted by molar-refractivity contribution is 7.47. The van der Waals surface area contributed by atoms with Crippen LogP contribution >= 0.6 is 7.82 Å². The van der Waals surface area contributed by atoms with E-state index in [1.165, 1.54) is 148 Å². The van der Waals surface area contributed by atoms with E-state index in [2.05, 4.69) is 6.92 Å². The number of rotatable bonds is 39. The lowest BCUT2D eigenvalue weighted by Crippen LogP contribution is -2.37. The van der Waals surface area contributed by atoms with Crippen LogP contribution < -0.4 is 0 Å². The molecule has 0 aromatic rings. The topological polar surface area (TPSA) is 91.3 Å². The minimum absolute atomic E-state index is 0.0916. The molecule has 2 atom stereocenters. The fraction of sp³-hybridized carbons (Fsp3) is 0.975. The molecular formula is C40H83NO7P+. The number of unbranched alkanes of at least 4 members (excludes halogenated alkanes) is 25. The van der Waals surface area contributed by atoms with Gasteiger partial charge in [-0.05, 0) is 12.8 Å². The number of quaternary nitrogens is 1. The molecule has 0 aromatic heterocycles. The summed E-state index contributed by atoms with van der Waals surface area (Å²) in [4.78, 5) is 22.2. The van der Waals surface area contributed by atoms with Crippen molar-refractivity contribution < 1.29 is 37.3 Å². The van der Waals surface area contributed by atoms with Gasteiger partial charge >= 0.3 is 13.8 Å². The molecule has 0 aliphatic heterocycles. The molecule has 0 rings (SSSR count). The number of carbonyl (C=O) groups excluding carboxylic acids is 1. The van der Waals surface area contributed by atoms with Gasteiger partial charge in [-0.2, -0.15) is 0 Å². The first-order valence-corrected chi connectivity index (χ1v) is 22.3. The van der Waals surface area contributed by atoms with Crippen molar-refractivity contribution in [1.29, 1.82) is 0 Å². The maximum Gasteiger partial charge on any atom is 0.472 e. The zero-order chi connectivity index (χ0) is 36.3. The Morgan fingerprint density at radius 3 is 1.33 bits per heavy atom. The third-order valence-electron chi connectivity index (χ3n) is 9.17. The van der Waals surface area contributed by atoms with Gasteiger partial charge in [-0.25, -0.2) is 4.57 Å². The largest absolute Gasteiger partial charge is 0.472 e. The van der Waals surface area contributed by atoms with Gasteiger partial charge in [0.15, 0.2) is 0 Å². The van der Waals surface area contributed by atoms with Crippen LogP contribution in [0.5, 0.6) is 0 Å². The van der Waals surface area contributed by atoms with E-state index in [-0.39, 0.29) is 25.8 Å². The number of esters is 1. The number of phosphoric ester groups is 1. The number of hydrogen-bond acceptors (Lipinski definition) is 6. The normalized spacial score (nSPS) is 13.8. The molecule has 0 aliphatic carbocycles. The first-order valence-electron chi connectivity index (χ1n) is 20.8. The van der Waals surface area contributed by atoms with Crippen LogP contribution in [0.15, 0.2) is 0 Å². The Hall–Kier alpha value is -0.500. The number of hydrogen-bond donors (Lipinski definition) is 1. The molecule has 0 aliphatic rings. The third kappa shape index (κ3) is 38.6. The molecule has 0 saturated carbocycles. The van der Waals surface area contributed by atoms with E-state index in [9.17, 15) is 14.3 Å². The van der Waals surface area contributed by atoms with Gasteiger partial charge in [-0.3, -0.25) is 13.8 Å². The third-order valence-corrected chi connectivity index (χ3v) is 10.2. The van der Waals surface area contributed by atoms with E-state index in [0.29, 0.717) is 24.1 Å². The summed E-state index contributed by atoms with van der Waals surface area (Å²) < 4.78 is 34.4. The Balaban J connectivity index is 3.69. The Kier molecular flexibility index (Phi) is 34.2. The molecule has 294 valence electrons. The van der Waals surface area contributed by atoms with Crippen molar-refractivity contribution in [2.24, 2.45) is 0 Å². The van der Waals surface area contributed by atoms with Crippen LogP contribution in [0.3, 0.4) is 0 Å². The van der Waals surface area contributed by atoms with Gasteiger partial charge in [0.1, 0.15) is 19.3 Å². The molecule has 0 radical (unpaired) electrons. The Morgan fingerprint density at radius 2 is 0.939 bits per heavy atom. The van der Waals surface area contributed by atoms with Gasteiger partial charge in [0.2, 0.25) is 0 Å². The van der Waals surface area contributed by atoms with Crippen LogP contribution in [0.2, 0.25) is 0 Å². The van der Waals surface area contributed by atoms with Crippen molar-refractivity contribution in [2.45, 2.75) is 200 Å². The summed E-state index contributed by atoms with van der Waals surface area (Å²) in [6.07, 6.45) is 35.5. The van der Waals surface area contributed by atoms with Gasteiger partial charge in [0, 0.05) is 13.0 Å². The quantitative estimate of drug-likeness (QED) is 0.0292. The van der Waals surface area contributed by atoms with E-state index < -0.39 is 13.9 Å². The summed E-state index contributed by atoms with van der Waals surface area (Å²) >= 11 is 0. The molecule has 1 N–H and O–H groups in total. The van der Waals surface area contributed by atoms with E-state index >= 15 is 0 Å². The van der Waals surface area contributed by atoms with Gasteiger partial charge in [0.25, 0.3) is 0 Å². The molecule has 49 heavy (non-hydrogen) atoms. The van der Waals surface area contributed by atoms with Crippen LogP contribution in [-0.2, 0) is 27.9 Å². The summed E-state index contributed by atoms with van der Waals surface area (Å²) in [5, 5.41) is 0. The molecule has 0 amide bonds. The first-order chi connectivity index (χ1) is 23.6. The van der Waals surface area contributed by atoms with E-state index in [1.807, 2.05) is 28.1 Å². The smallest absolute Gasteiger partial charge is 0.457 e. The minimum atomic E-state index is -4.24. The standard InChI is InChI=1S/C40H82NO7P/c1-6-8-10-11-12-13-14-15-16-17-18-19-20-21-22-23-24-25-26-27-28-29-30-31-32-35-45-37-39(48-40(42)33-9-7-2)38-47-49(43,44)46-36-34-41(3,4)5/h39H,6-38H2,1-5H3/p+1.